The van der Waals surface area contributed by atoms with E-state index in [2.05, 4.69) is 12.2 Å². The van der Waals surface area contributed by atoms with E-state index in [1.807, 2.05) is 6.07 Å². The van der Waals surface area contributed by atoms with E-state index in [9.17, 15) is 9.59 Å². The Morgan fingerprint density at radius 1 is 1.30 bits per heavy atom. The maximum absolute atomic E-state index is 12.7. The van der Waals surface area contributed by atoms with E-state index in [1.165, 1.54) is 28.2 Å². The number of nitrogens with one attached hydrogen (secondary N) is 1. The molecule has 7 heteroatoms. The summed E-state index contributed by atoms with van der Waals surface area (Å²) in [5, 5.41) is 3.41. The van der Waals surface area contributed by atoms with Crippen molar-refractivity contribution in [2.75, 3.05) is 18.9 Å². The summed E-state index contributed by atoms with van der Waals surface area (Å²) in [6, 6.07) is 7.01. The van der Waals surface area contributed by atoms with E-state index in [1.54, 1.807) is 36.6 Å². The summed E-state index contributed by atoms with van der Waals surface area (Å²) in [7, 11) is 1.63. The number of hydrogen-bond acceptors (Lipinski definition) is 3. The zero-order valence-electron chi connectivity index (χ0n) is 15.4. The Bertz CT molecular complexity index is 845. The number of likely N-dealkylation sites (N-methyl/N-ethyl adjacent to an activating group) is 1. The van der Waals surface area contributed by atoms with Gasteiger partial charge in [0.25, 0.3) is 5.91 Å². The third kappa shape index (κ3) is 4.65. The molecular weight excluding hydrogens is 403 g/mol. The minimum atomic E-state index is -0.340. The Labute approximate surface area is 173 Å². The van der Waals surface area contributed by atoms with Gasteiger partial charge in [0.1, 0.15) is 0 Å². The number of thiophene rings is 1. The molecule has 1 heterocycles. The molecule has 0 radical (unpaired) electrons. The number of fused-ring (bicyclic) bond motifs is 1. The monoisotopic (exact) mass is 424 g/mol. The van der Waals surface area contributed by atoms with Crippen molar-refractivity contribution in [2.45, 2.75) is 32.6 Å². The second-order valence-electron chi connectivity index (χ2n) is 6.88. The standard InChI is InChI=1S/C20H22Cl2N2O2S/c1-3-12-7-8-16-13(9-12)10-17(27-16)20(26)24(2)11-18(25)23-19-14(21)5-4-6-15(19)22/h4-6,10,12H,3,7-9,11H2,1-2H3,(H,23,25). The first-order chi connectivity index (χ1) is 12.9. The molecule has 0 aliphatic heterocycles. The number of carbonyl (C=O) groups is 2. The largest absolute Gasteiger partial charge is 0.332 e. The molecule has 27 heavy (non-hydrogen) atoms. The minimum absolute atomic E-state index is 0.0689. The molecule has 3 rings (SSSR count). The van der Waals surface area contributed by atoms with Crippen LogP contribution >= 0.6 is 34.5 Å². The molecule has 1 unspecified atom stereocenters. The highest BCUT2D eigenvalue weighted by molar-refractivity contribution is 7.14. The summed E-state index contributed by atoms with van der Waals surface area (Å²) >= 11 is 13.7. The summed E-state index contributed by atoms with van der Waals surface area (Å²) < 4.78 is 0. The first-order valence-electron chi connectivity index (χ1n) is 9.00. The van der Waals surface area contributed by atoms with Crippen LogP contribution in [0, 0.1) is 5.92 Å². The van der Waals surface area contributed by atoms with Crippen LogP contribution in [0.5, 0.6) is 0 Å². The fourth-order valence-corrected chi connectivity index (χ4v) is 5.02. The number of carbonyl (C=O) groups excluding carboxylic acids is 2. The summed E-state index contributed by atoms with van der Waals surface area (Å²) in [6.45, 7) is 2.15. The van der Waals surface area contributed by atoms with Crippen molar-refractivity contribution in [1.29, 1.82) is 0 Å². The van der Waals surface area contributed by atoms with Crippen molar-refractivity contribution < 1.29 is 9.59 Å². The molecule has 1 aromatic carbocycles. The molecular formula is C20H22Cl2N2O2S. The van der Waals surface area contributed by atoms with Crippen molar-refractivity contribution in [1.82, 2.24) is 4.90 Å². The van der Waals surface area contributed by atoms with Gasteiger partial charge in [0.15, 0.2) is 0 Å². The van der Waals surface area contributed by atoms with E-state index < -0.39 is 0 Å². The van der Waals surface area contributed by atoms with Crippen LogP contribution in [0.25, 0.3) is 0 Å². The van der Waals surface area contributed by atoms with Gasteiger partial charge in [0, 0.05) is 11.9 Å². The van der Waals surface area contributed by atoms with E-state index in [4.69, 9.17) is 23.2 Å². The Balaban J connectivity index is 1.64. The third-order valence-electron chi connectivity index (χ3n) is 4.93. The highest BCUT2D eigenvalue weighted by Crippen LogP contribution is 2.34. The van der Waals surface area contributed by atoms with E-state index in [0.29, 0.717) is 26.5 Å². The van der Waals surface area contributed by atoms with Gasteiger partial charge in [-0.15, -0.1) is 11.3 Å². The first-order valence-corrected chi connectivity index (χ1v) is 10.6. The SMILES string of the molecule is CCC1CCc2sc(C(=O)N(C)CC(=O)Nc3c(Cl)cccc3Cl)cc2C1. The fourth-order valence-electron chi connectivity index (χ4n) is 3.32. The zero-order chi connectivity index (χ0) is 19.6. The number of rotatable bonds is 5. The van der Waals surface area contributed by atoms with Crippen molar-refractivity contribution in [3.63, 3.8) is 0 Å². The number of hydrogen-bond donors (Lipinski definition) is 1. The van der Waals surface area contributed by atoms with Crippen molar-refractivity contribution in [3.05, 3.63) is 49.6 Å². The van der Waals surface area contributed by atoms with Gasteiger partial charge < -0.3 is 10.2 Å². The predicted octanol–water partition coefficient (Wildman–Crippen LogP) is 5.28. The number of anilines is 1. The minimum Gasteiger partial charge on any atom is -0.332 e. The van der Waals surface area contributed by atoms with E-state index >= 15 is 0 Å². The average molecular weight is 425 g/mol. The van der Waals surface area contributed by atoms with Gasteiger partial charge in [-0.3, -0.25) is 9.59 Å². The number of benzene rings is 1. The van der Waals surface area contributed by atoms with Crippen molar-refractivity contribution >= 4 is 52.0 Å². The van der Waals surface area contributed by atoms with Gasteiger partial charge in [-0.2, -0.15) is 0 Å². The highest BCUT2D eigenvalue weighted by Gasteiger charge is 2.24. The van der Waals surface area contributed by atoms with Crippen LogP contribution < -0.4 is 5.32 Å². The molecule has 2 amide bonds. The average Bonchev–Trinajstić information content (AvgIpc) is 3.07. The molecule has 0 fully saturated rings. The molecule has 0 spiro atoms. The lowest BCUT2D eigenvalue weighted by Gasteiger charge is -2.19. The molecule has 1 atom stereocenters. The van der Waals surface area contributed by atoms with Crippen LogP contribution in [0.2, 0.25) is 10.0 Å². The lowest BCUT2D eigenvalue weighted by Crippen LogP contribution is -2.34. The fraction of sp³-hybridized carbons (Fsp3) is 0.400. The number of halogens is 2. The van der Waals surface area contributed by atoms with Gasteiger partial charge >= 0.3 is 0 Å². The molecule has 1 aliphatic rings. The first kappa shape index (κ1) is 20.2. The Morgan fingerprint density at radius 3 is 2.67 bits per heavy atom. The van der Waals surface area contributed by atoms with Crippen molar-refractivity contribution in [3.8, 4) is 0 Å². The van der Waals surface area contributed by atoms with Crippen LogP contribution in [0.4, 0.5) is 5.69 Å². The smallest absolute Gasteiger partial charge is 0.264 e. The second kappa shape index (κ2) is 8.63. The normalized spacial score (nSPS) is 15.9. The number of amides is 2. The van der Waals surface area contributed by atoms with Crippen LogP contribution in [0.3, 0.4) is 0 Å². The maximum atomic E-state index is 12.7. The van der Waals surface area contributed by atoms with Crippen molar-refractivity contribution in [2.24, 2.45) is 5.92 Å². The Kier molecular flexibility index (Phi) is 6.45. The maximum Gasteiger partial charge on any atom is 0.264 e. The lowest BCUT2D eigenvalue weighted by atomic mass is 9.87. The quantitative estimate of drug-likeness (QED) is 0.709. The Morgan fingerprint density at radius 2 is 2.00 bits per heavy atom. The van der Waals surface area contributed by atoms with Gasteiger partial charge in [-0.05, 0) is 48.9 Å². The highest BCUT2D eigenvalue weighted by atomic mass is 35.5. The molecule has 1 aliphatic carbocycles. The molecule has 1 aromatic heterocycles. The van der Waals surface area contributed by atoms with Gasteiger partial charge in [0.05, 0.1) is 27.2 Å². The summed E-state index contributed by atoms with van der Waals surface area (Å²) in [4.78, 5) is 28.5. The molecule has 4 nitrogen and oxygen atoms in total. The molecule has 0 saturated heterocycles. The summed E-state index contributed by atoms with van der Waals surface area (Å²) in [5.41, 5.74) is 1.66. The van der Waals surface area contributed by atoms with Gasteiger partial charge in [-0.1, -0.05) is 42.6 Å². The molecule has 0 bridgehead atoms. The molecule has 2 aromatic rings. The Hall–Kier alpha value is -1.56. The van der Waals surface area contributed by atoms with E-state index in [0.717, 1.165) is 12.8 Å². The number of nitrogens with zero attached hydrogens (tertiary/aromatic N) is 1. The molecule has 144 valence electrons. The zero-order valence-corrected chi connectivity index (χ0v) is 17.7. The van der Waals surface area contributed by atoms with Crippen LogP contribution in [0.1, 0.15) is 39.9 Å². The van der Waals surface area contributed by atoms with Gasteiger partial charge in [-0.25, -0.2) is 0 Å². The number of aryl methyl sites for hydroxylation is 1. The molecule has 1 N–H and O–H groups in total. The lowest BCUT2D eigenvalue weighted by molar-refractivity contribution is -0.116. The summed E-state index contributed by atoms with van der Waals surface area (Å²) in [5.74, 6) is 0.231. The summed E-state index contributed by atoms with van der Waals surface area (Å²) in [6.07, 6.45) is 4.45. The second-order valence-corrected chi connectivity index (χ2v) is 8.83. The van der Waals surface area contributed by atoms with Crippen LogP contribution in [0.15, 0.2) is 24.3 Å². The molecule has 0 saturated carbocycles. The predicted molar refractivity (Wildman–Crippen MR) is 112 cm³/mol. The van der Waals surface area contributed by atoms with E-state index in [-0.39, 0.29) is 18.4 Å². The number of para-hydroxylation sites is 1. The third-order valence-corrected chi connectivity index (χ3v) is 6.78. The topological polar surface area (TPSA) is 49.4 Å². The van der Waals surface area contributed by atoms with Crippen LogP contribution in [-0.4, -0.2) is 30.3 Å². The van der Waals surface area contributed by atoms with Gasteiger partial charge in [0.2, 0.25) is 5.91 Å². The van der Waals surface area contributed by atoms with Crippen LogP contribution in [-0.2, 0) is 17.6 Å².